The van der Waals surface area contributed by atoms with Gasteiger partial charge >= 0.3 is 0 Å². The molecule has 0 radical (unpaired) electrons. The molecular formula is C12H22IN7. The largest absolute Gasteiger partial charge is 0.370 e. The molecule has 2 aliphatic carbocycles. The van der Waals surface area contributed by atoms with Crippen LogP contribution < -0.4 is 11.1 Å². The van der Waals surface area contributed by atoms with Crippen molar-refractivity contribution in [3.05, 3.63) is 5.82 Å². The van der Waals surface area contributed by atoms with Gasteiger partial charge in [-0.1, -0.05) is 12.8 Å². The van der Waals surface area contributed by atoms with E-state index in [9.17, 15) is 0 Å². The van der Waals surface area contributed by atoms with Crippen molar-refractivity contribution in [3.63, 3.8) is 0 Å². The highest BCUT2D eigenvalue weighted by atomic mass is 127. The van der Waals surface area contributed by atoms with Gasteiger partial charge in [0.25, 0.3) is 0 Å². The number of guanidine groups is 1. The predicted octanol–water partition coefficient (Wildman–Crippen LogP) is 1.05. The van der Waals surface area contributed by atoms with Gasteiger partial charge in [0.15, 0.2) is 11.8 Å². The highest BCUT2D eigenvalue weighted by Crippen LogP contribution is 2.30. The molecule has 1 aromatic rings. The number of hydrogen-bond acceptors (Lipinski definition) is 4. The van der Waals surface area contributed by atoms with Crippen LogP contribution in [0.15, 0.2) is 4.99 Å². The van der Waals surface area contributed by atoms with Crippen LogP contribution in [0.3, 0.4) is 0 Å². The zero-order valence-electron chi connectivity index (χ0n) is 11.5. The summed E-state index contributed by atoms with van der Waals surface area (Å²) >= 11 is 0. The van der Waals surface area contributed by atoms with Gasteiger partial charge in [-0.15, -0.1) is 29.1 Å². The topological polar surface area (TPSA) is 94.0 Å². The van der Waals surface area contributed by atoms with Crippen molar-refractivity contribution in [3.8, 4) is 0 Å². The zero-order valence-corrected chi connectivity index (χ0v) is 13.9. The van der Waals surface area contributed by atoms with Crippen molar-refractivity contribution in [2.75, 3.05) is 0 Å². The lowest BCUT2D eigenvalue weighted by molar-refractivity contribution is 0.523. The fraction of sp³-hybridized carbons (Fsp3) is 0.833. The summed E-state index contributed by atoms with van der Waals surface area (Å²) in [4.78, 5) is 4.34. The Balaban J connectivity index is 0.00000147. The lowest BCUT2D eigenvalue weighted by atomic mass is 10.2. The highest BCUT2D eigenvalue weighted by Gasteiger charge is 2.23. The standard InChI is InChI=1S/C12H21N7.HI/c13-12(15-10-3-1-2-4-10)14-7-11-16-17-18-19(11)8-9-5-6-9;/h9-10H,1-8H2,(H3,13,14,15);1H. The van der Waals surface area contributed by atoms with Gasteiger partial charge in [-0.2, -0.15) is 0 Å². The zero-order chi connectivity index (χ0) is 13.1. The van der Waals surface area contributed by atoms with Gasteiger partial charge < -0.3 is 11.1 Å². The van der Waals surface area contributed by atoms with Crippen molar-refractivity contribution in [1.29, 1.82) is 0 Å². The molecule has 8 heteroatoms. The van der Waals surface area contributed by atoms with Crippen molar-refractivity contribution in [2.45, 2.75) is 57.7 Å². The Hall–Kier alpha value is -0.930. The van der Waals surface area contributed by atoms with Crippen LogP contribution in [0.5, 0.6) is 0 Å². The molecule has 1 heterocycles. The molecule has 0 aliphatic heterocycles. The van der Waals surface area contributed by atoms with Crippen LogP contribution >= 0.6 is 24.0 Å². The molecule has 2 aliphatic rings. The Morgan fingerprint density at radius 2 is 2.05 bits per heavy atom. The number of aromatic nitrogens is 4. The molecule has 0 aromatic carbocycles. The van der Waals surface area contributed by atoms with E-state index in [2.05, 4.69) is 25.8 Å². The van der Waals surface area contributed by atoms with Gasteiger partial charge in [0.2, 0.25) is 0 Å². The van der Waals surface area contributed by atoms with E-state index in [4.69, 9.17) is 5.73 Å². The summed E-state index contributed by atoms with van der Waals surface area (Å²) in [5.41, 5.74) is 5.89. The maximum atomic E-state index is 5.89. The lowest BCUT2D eigenvalue weighted by Gasteiger charge is -2.12. The number of nitrogens with one attached hydrogen (secondary N) is 1. The van der Waals surface area contributed by atoms with Crippen molar-refractivity contribution in [2.24, 2.45) is 16.6 Å². The molecule has 2 saturated carbocycles. The minimum absolute atomic E-state index is 0. The second-order valence-corrected chi connectivity index (χ2v) is 5.55. The quantitative estimate of drug-likeness (QED) is 0.445. The Kier molecular flexibility index (Phi) is 5.55. The second-order valence-electron chi connectivity index (χ2n) is 5.55. The number of nitrogens with zero attached hydrogens (tertiary/aromatic N) is 5. The predicted molar refractivity (Wildman–Crippen MR) is 86.7 cm³/mol. The van der Waals surface area contributed by atoms with Gasteiger partial charge in [0.05, 0.1) is 0 Å². The number of nitrogens with two attached hydrogens (primary N) is 1. The van der Waals surface area contributed by atoms with Gasteiger partial charge in [0.1, 0.15) is 6.54 Å². The monoisotopic (exact) mass is 391 g/mol. The highest BCUT2D eigenvalue weighted by molar-refractivity contribution is 14.0. The fourth-order valence-corrected chi connectivity index (χ4v) is 2.50. The SMILES string of the molecule is I.NC(=NCc1nnnn1CC1CC1)NC1CCCC1. The first-order valence-corrected chi connectivity index (χ1v) is 7.13. The molecule has 2 fully saturated rings. The summed E-state index contributed by atoms with van der Waals surface area (Å²) in [6.45, 7) is 1.36. The van der Waals surface area contributed by atoms with Crippen LogP contribution in [0.4, 0.5) is 0 Å². The Morgan fingerprint density at radius 1 is 1.30 bits per heavy atom. The van der Waals surface area contributed by atoms with E-state index in [1.807, 2.05) is 4.68 Å². The van der Waals surface area contributed by atoms with E-state index < -0.39 is 0 Å². The average Bonchev–Trinajstić information content (AvgIpc) is 2.88. The van der Waals surface area contributed by atoms with E-state index in [-0.39, 0.29) is 24.0 Å². The van der Waals surface area contributed by atoms with Crippen LogP contribution in [0.25, 0.3) is 0 Å². The molecule has 3 N–H and O–H groups in total. The number of hydrogen-bond donors (Lipinski definition) is 2. The lowest BCUT2D eigenvalue weighted by Crippen LogP contribution is -2.38. The Morgan fingerprint density at radius 3 is 2.75 bits per heavy atom. The third-order valence-corrected chi connectivity index (χ3v) is 3.83. The van der Waals surface area contributed by atoms with Gasteiger partial charge in [-0.3, -0.25) is 0 Å². The minimum Gasteiger partial charge on any atom is -0.370 e. The molecule has 0 spiro atoms. The van der Waals surface area contributed by atoms with Crippen LogP contribution in [-0.4, -0.2) is 32.2 Å². The molecule has 0 amide bonds. The average molecular weight is 391 g/mol. The van der Waals surface area contributed by atoms with Crippen molar-refractivity contribution < 1.29 is 0 Å². The maximum Gasteiger partial charge on any atom is 0.189 e. The fourth-order valence-electron chi connectivity index (χ4n) is 2.50. The third-order valence-electron chi connectivity index (χ3n) is 3.83. The molecule has 0 saturated heterocycles. The first-order valence-electron chi connectivity index (χ1n) is 7.13. The van der Waals surface area contributed by atoms with Crippen LogP contribution in [0.1, 0.15) is 44.3 Å². The van der Waals surface area contributed by atoms with Crippen molar-refractivity contribution >= 4 is 29.9 Å². The molecule has 0 bridgehead atoms. The molecule has 20 heavy (non-hydrogen) atoms. The molecular weight excluding hydrogens is 369 g/mol. The summed E-state index contributed by atoms with van der Waals surface area (Å²) < 4.78 is 1.85. The third kappa shape index (κ3) is 4.29. The normalized spacial score (nSPS) is 19.9. The summed E-state index contributed by atoms with van der Waals surface area (Å²) in [5, 5.41) is 15.0. The van der Waals surface area contributed by atoms with E-state index in [0.29, 0.717) is 18.5 Å². The van der Waals surface area contributed by atoms with Crippen LogP contribution in [0.2, 0.25) is 0 Å². The maximum absolute atomic E-state index is 5.89. The van der Waals surface area contributed by atoms with E-state index >= 15 is 0 Å². The molecule has 112 valence electrons. The van der Waals surface area contributed by atoms with Gasteiger partial charge in [-0.05, 0) is 42.0 Å². The number of halogens is 1. The smallest absolute Gasteiger partial charge is 0.189 e. The van der Waals surface area contributed by atoms with E-state index in [0.717, 1.165) is 18.3 Å². The van der Waals surface area contributed by atoms with Gasteiger partial charge in [0, 0.05) is 12.6 Å². The molecule has 7 nitrogen and oxygen atoms in total. The summed E-state index contributed by atoms with van der Waals surface area (Å²) in [5.74, 6) is 2.05. The van der Waals surface area contributed by atoms with Crippen molar-refractivity contribution in [1.82, 2.24) is 25.5 Å². The summed E-state index contributed by atoms with van der Waals surface area (Å²) in [6.07, 6.45) is 7.52. The number of aliphatic imine (C=N–C) groups is 1. The van der Waals surface area contributed by atoms with Crippen LogP contribution in [-0.2, 0) is 13.1 Å². The minimum atomic E-state index is 0. The molecule has 1 aromatic heterocycles. The number of tetrazole rings is 1. The first-order chi connectivity index (χ1) is 9.31. The van der Waals surface area contributed by atoms with Crippen LogP contribution in [0, 0.1) is 5.92 Å². The van der Waals surface area contributed by atoms with E-state index in [1.54, 1.807) is 0 Å². The Bertz CT molecular complexity index is 448. The summed E-state index contributed by atoms with van der Waals surface area (Å²) in [6, 6.07) is 0.492. The Labute approximate surface area is 135 Å². The molecule has 0 atom stereocenters. The first kappa shape index (κ1) is 15.5. The summed E-state index contributed by atoms with van der Waals surface area (Å²) in [7, 11) is 0. The molecule has 0 unspecified atom stereocenters. The van der Waals surface area contributed by atoms with E-state index in [1.165, 1.54) is 38.5 Å². The number of rotatable bonds is 5. The molecule has 3 rings (SSSR count). The second kappa shape index (κ2) is 7.19. The van der Waals surface area contributed by atoms with Gasteiger partial charge in [-0.25, -0.2) is 9.67 Å².